The first-order chi connectivity index (χ1) is 8.99. The van der Waals surface area contributed by atoms with Crippen molar-refractivity contribution >= 4 is 17.6 Å². The van der Waals surface area contributed by atoms with Gasteiger partial charge in [-0.05, 0) is 43.7 Å². The highest BCUT2D eigenvalue weighted by Crippen LogP contribution is 2.18. The van der Waals surface area contributed by atoms with E-state index >= 15 is 0 Å². The third-order valence-corrected chi connectivity index (χ3v) is 2.79. The number of carboxylic acids is 1. The molecule has 2 N–H and O–H groups in total. The summed E-state index contributed by atoms with van der Waals surface area (Å²) in [6, 6.07) is 6.22. The molecule has 1 aromatic heterocycles. The minimum absolute atomic E-state index is 0.185. The molecule has 1 heterocycles. The van der Waals surface area contributed by atoms with Crippen molar-refractivity contribution in [3.8, 4) is 0 Å². The smallest absolute Gasteiger partial charge is 0.335 e. The summed E-state index contributed by atoms with van der Waals surface area (Å²) in [6.45, 7) is 3.51. The highest BCUT2D eigenvalue weighted by atomic mass is 16.4. The van der Waals surface area contributed by atoms with E-state index in [4.69, 9.17) is 9.52 Å². The van der Waals surface area contributed by atoms with E-state index in [9.17, 15) is 9.59 Å². The van der Waals surface area contributed by atoms with Crippen LogP contribution in [0, 0.1) is 13.8 Å². The lowest BCUT2D eigenvalue weighted by Crippen LogP contribution is -2.13. The van der Waals surface area contributed by atoms with Crippen molar-refractivity contribution in [3.05, 3.63) is 53.0 Å². The maximum Gasteiger partial charge on any atom is 0.335 e. The first-order valence-electron chi connectivity index (χ1n) is 5.68. The number of carbonyl (C=O) groups excluding carboxylic acids is 1. The predicted octanol–water partition coefficient (Wildman–Crippen LogP) is 2.85. The molecule has 0 unspecified atom stereocenters. The molecule has 0 aliphatic carbocycles. The SMILES string of the molecule is Cc1cc(C(=O)O)ccc1NC(=O)c1occc1C. The van der Waals surface area contributed by atoms with Crippen LogP contribution in [0.15, 0.2) is 34.9 Å². The Hall–Kier alpha value is -2.56. The number of aromatic carboxylic acids is 1. The van der Waals surface area contributed by atoms with Crippen LogP contribution in [0.4, 0.5) is 5.69 Å². The van der Waals surface area contributed by atoms with Crippen LogP contribution in [-0.2, 0) is 0 Å². The normalized spacial score (nSPS) is 10.2. The van der Waals surface area contributed by atoms with E-state index in [1.807, 2.05) is 0 Å². The van der Waals surface area contributed by atoms with Gasteiger partial charge in [-0.1, -0.05) is 0 Å². The van der Waals surface area contributed by atoms with Gasteiger partial charge in [0.25, 0.3) is 5.91 Å². The maximum absolute atomic E-state index is 11.9. The molecule has 1 aromatic carbocycles. The monoisotopic (exact) mass is 259 g/mol. The van der Waals surface area contributed by atoms with Gasteiger partial charge >= 0.3 is 5.97 Å². The van der Waals surface area contributed by atoms with Crippen molar-refractivity contribution in [1.82, 2.24) is 0 Å². The van der Waals surface area contributed by atoms with Crippen molar-refractivity contribution < 1.29 is 19.1 Å². The van der Waals surface area contributed by atoms with Crippen LogP contribution in [0.3, 0.4) is 0 Å². The highest BCUT2D eigenvalue weighted by Gasteiger charge is 2.14. The number of anilines is 1. The van der Waals surface area contributed by atoms with Crippen LogP contribution in [0.1, 0.15) is 32.0 Å². The van der Waals surface area contributed by atoms with Gasteiger partial charge in [-0.25, -0.2) is 4.79 Å². The average Bonchev–Trinajstić information content (AvgIpc) is 2.77. The van der Waals surface area contributed by atoms with Gasteiger partial charge in [0.15, 0.2) is 5.76 Å². The van der Waals surface area contributed by atoms with E-state index in [0.717, 1.165) is 5.56 Å². The molecule has 2 aromatic rings. The van der Waals surface area contributed by atoms with Gasteiger partial charge in [0.05, 0.1) is 11.8 Å². The fourth-order valence-electron chi connectivity index (χ4n) is 1.72. The Morgan fingerprint density at radius 2 is 1.89 bits per heavy atom. The molecule has 19 heavy (non-hydrogen) atoms. The van der Waals surface area contributed by atoms with E-state index in [0.29, 0.717) is 11.3 Å². The Labute approximate surface area is 109 Å². The molecule has 0 saturated heterocycles. The lowest BCUT2D eigenvalue weighted by Gasteiger charge is -2.08. The van der Waals surface area contributed by atoms with Crippen LogP contribution >= 0.6 is 0 Å². The summed E-state index contributed by atoms with van der Waals surface area (Å²) >= 11 is 0. The highest BCUT2D eigenvalue weighted by molar-refractivity contribution is 6.03. The molecule has 0 atom stereocenters. The molecule has 98 valence electrons. The van der Waals surface area contributed by atoms with Crippen LogP contribution in [0.25, 0.3) is 0 Å². The van der Waals surface area contributed by atoms with Gasteiger partial charge in [0.2, 0.25) is 0 Å². The van der Waals surface area contributed by atoms with Gasteiger partial charge in [-0.2, -0.15) is 0 Å². The second-order valence-electron chi connectivity index (χ2n) is 4.22. The molecular formula is C14H13NO4. The van der Waals surface area contributed by atoms with Crippen molar-refractivity contribution in [1.29, 1.82) is 0 Å². The number of rotatable bonds is 3. The quantitative estimate of drug-likeness (QED) is 0.888. The number of carbonyl (C=O) groups is 2. The molecule has 0 bridgehead atoms. The van der Waals surface area contributed by atoms with Gasteiger partial charge in [-0.15, -0.1) is 0 Å². The van der Waals surface area contributed by atoms with Crippen molar-refractivity contribution in [2.75, 3.05) is 5.32 Å². The van der Waals surface area contributed by atoms with Gasteiger partial charge in [0, 0.05) is 11.3 Å². The van der Waals surface area contributed by atoms with Crippen LogP contribution < -0.4 is 5.32 Å². The molecule has 5 nitrogen and oxygen atoms in total. The van der Waals surface area contributed by atoms with Gasteiger partial charge in [-0.3, -0.25) is 4.79 Å². The summed E-state index contributed by atoms with van der Waals surface area (Å²) in [5, 5.41) is 11.6. The standard InChI is InChI=1S/C14H13NO4/c1-8-5-6-19-12(8)13(16)15-11-4-3-10(14(17)18)7-9(11)2/h3-7H,1-2H3,(H,15,16)(H,17,18). The summed E-state index contributed by atoms with van der Waals surface area (Å²) in [7, 11) is 0. The molecule has 0 spiro atoms. The number of furan rings is 1. The molecule has 5 heteroatoms. The van der Waals surface area contributed by atoms with Crippen LogP contribution in [-0.4, -0.2) is 17.0 Å². The molecule has 0 radical (unpaired) electrons. The molecule has 0 aliphatic heterocycles. The van der Waals surface area contributed by atoms with Crippen LogP contribution in [0.2, 0.25) is 0 Å². The third-order valence-electron chi connectivity index (χ3n) is 2.79. The summed E-state index contributed by atoms with van der Waals surface area (Å²) in [6.07, 6.45) is 1.45. The van der Waals surface area contributed by atoms with Crippen LogP contribution in [0.5, 0.6) is 0 Å². The van der Waals surface area contributed by atoms with E-state index in [-0.39, 0.29) is 17.2 Å². The van der Waals surface area contributed by atoms with E-state index in [1.54, 1.807) is 26.0 Å². The summed E-state index contributed by atoms with van der Waals surface area (Å²) in [4.78, 5) is 22.8. The van der Waals surface area contributed by atoms with Crippen molar-refractivity contribution in [3.63, 3.8) is 0 Å². The minimum atomic E-state index is -0.997. The summed E-state index contributed by atoms with van der Waals surface area (Å²) in [5.74, 6) is -1.10. The van der Waals surface area contributed by atoms with Crippen molar-refractivity contribution in [2.24, 2.45) is 0 Å². The van der Waals surface area contributed by atoms with E-state index in [2.05, 4.69) is 5.32 Å². The Morgan fingerprint density at radius 1 is 1.16 bits per heavy atom. The number of hydrogen-bond acceptors (Lipinski definition) is 3. The fourth-order valence-corrected chi connectivity index (χ4v) is 1.72. The lowest BCUT2D eigenvalue weighted by atomic mass is 10.1. The molecule has 0 saturated carbocycles. The predicted molar refractivity (Wildman–Crippen MR) is 69.5 cm³/mol. The summed E-state index contributed by atoms with van der Waals surface area (Å²) in [5.41, 5.74) is 2.17. The molecule has 1 amide bonds. The second kappa shape index (κ2) is 4.97. The molecule has 0 fully saturated rings. The van der Waals surface area contributed by atoms with E-state index in [1.165, 1.54) is 18.4 Å². The number of hydrogen-bond donors (Lipinski definition) is 2. The Kier molecular flexibility index (Phi) is 3.37. The topological polar surface area (TPSA) is 79.5 Å². The number of aryl methyl sites for hydroxylation is 2. The first kappa shape index (κ1) is 12.9. The molecule has 0 aliphatic rings. The zero-order chi connectivity index (χ0) is 14.0. The molecule has 2 rings (SSSR count). The Balaban J connectivity index is 2.23. The van der Waals surface area contributed by atoms with Crippen molar-refractivity contribution in [2.45, 2.75) is 13.8 Å². The number of amides is 1. The zero-order valence-electron chi connectivity index (χ0n) is 10.6. The summed E-state index contributed by atoms with van der Waals surface area (Å²) < 4.78 is 5.09. The third kappa shape index (κ3) is 2.65. The minimum Gasteiger partial charge on any atom is -0.478 e. The fraction of sp³-hybridized carbons (Fsp3) is 0.143. The average molecular weight is 259 g/mol. The number of benzene rings is 1. The molecular weight excluding hydrogens is 246 g/mol. The van der Waals surface area contributed by atoms with Gasteiger partial charge in [0.1, 0.15) is 0 Å². The van der Waals surface area contributed by atoms with E-state index < -0.39 is 5.97 Å². The number of nitrogens with one attached hydrogen (secondary N) is 1. The number of carboxylic acid groups (broad SMARTS) is 1. The Morgan fingerprint density at radius 3 is 2.42 bits per heavy atom. The lowest BCUT2D eigenvalue weighted by molar-refractivity contribution is 0.0696. The largest absolute Gasteiger partial charge is 0.478 e. The maximum atomic E-state index is 11.9. The van der Waals surface area contributed by atoms with Gasteiger partial charge < -0.3 is 14.8 Å². The first-order valence-corrected chi connectivity index (χ1v) is 5.68. The zero-order valence-corrected chi connectivity index (χ0v) is 10.6. The second-order valence-corrected chi connectivity index (χ2v) is 4.22. The Bertz CT molecular complexity index is 643.